The second kappa shape index (κ2) is 5.67. The summed E-state index contributed by atoms with van der Waals surface area (Å²) >= 11 is 0. The molecule has 1 aliphatic heterocycles. The van der Waals surface area contributed by atoms with Crippen LogP contribution >= 0.6 is 0 Å². The zero-order chi connectivity index (χ0) is 13.0. The van der Waals surface area contributed by atoms with Crippen molar-refractivity contribution in [3.05, 3.63) is 30.6 Å². The van der Waals surface area contributed by atoms with Gasteiger partial charge in [-0.2, -0.15) is 0 Å². The van der Waals surface area contributed by atoms with Crippen molar-refractivity contribution >= 4 is 17.4 Å². The first-order chi connectivity index (χ1) is 8.66. The predicted octanol–water partition coefficient (Wildman–Crippen LogP) is 2.92. The number of nitrogens with one attached hydrogen (secondary N) is 1. The summed E-state index contributed by atoms with van der Waals surface area (Å²) in [7, 11) is 0. The summed E-state index contributed by atoms with van der Waals surface area (Å²) in [6, 6.07) is 3.89. The van der Waals surface area contributed by atoms with Gasteiger partial charge in [0.2, 0.25) is 0 Å². The van der Waals surface area contributed by atoms with Crippen molar-refractivity contribution in [1.29, 1.82) is 0 Å². The van der Waals surface area contributed by atoms with Crippen LogP contribution in [0.25, 0.3) is 5.70 Å². The molecule has 0 aromatic carbocycles. The molecule has 2 heterocycles. The maximum atomic E-state index is 4.53. The summed E-state index contributed by atoms with van der Waals surface area (Å²) in [5.41, 5.74) is 1.65. The van der Waals surface area contributed by atoms with Crippen LogP contribution in [0.15, 0.2) is 34.9 Å². The first kappa shape index (κ1) is 12.6. The first-order valence-corrected chi connectivity index (χ1v) is 6.35. The molecule has 96 valence electrons. The molecule has 0 radical (unpaired) electrons. The van der Waals surface area contributed by atoms with Gasteiger partial charge in [-0.15, -0.1) is 0 Å². The third-order valence-electron chi connectivity index (χ3n) is 3.09. The van der Waals surface area contributed by atoms with Gasteiger partial charge in [-0.05, 0) is 38.8 Å². The van der Waals surface area contributed by atoms with Crippen LogP contribution in [0.2, 0.25) is 0 Å². The van der Waals surface area contributed by atoms with Gasteiger partial charge in [0, 0.05) is 19.3 Å². The Hall–Kier alpha value is -1.84. The molecular weight excluding hydrogens is 224 g/mol. The number of hydrogen-bond donors (Lipinski definition) is 1. The van der Waals surface area contributed by atoms with Gasteiger partial charge in [-0.1, -0.05) is 6.58 Å². The molecule has 0 amide bonds. The lowest BCUT2D eigenvalue weighted by Crippen LogP contribution is -2.25. The number of H-pyrrole nitrogens is 1. The van der Waals surface area contributed by atoms with Gasteiger partial charge in [0.05, 0.1) is 11.4 Å². The molecule has 0 saturated carbocycles. The highest BCUT2D eigenvalue weighted by Gasteiger charge is 2.12. The lowest BCUT2D eigenvalue weighted by molar-refractivity contribution is 0.517. The van der Waals surface area contributed by atoms with E-state index in [1.165, 1.54) is 12.8 Å². The minimum Gasteiger partial charge on any atom is -0.360 e. The van der Waals surface area contributed by atoms with Crippen molar-refractivity contribution in [2.24, 2.45) is 9.98 Å². The highest BCUT2D eigenvalue weighted by atomic mass is 15.2. The minimum absolute atomic E-state index is 0.718. The minimum atomic E-state index is 0.718. The highest BCUT2D eigenvalue weighted by Crippen LogP contribution is 2.12. The van der Waals surface area contributed by atoms with Crippen LogP contribution < -0.4 is 0 Å². The lowest BCUT2D eigenvalue weighted by atomic mass is 10.3. The Balaban J connectivity index is 2.04. The summed E-state index contributed by atoms with van der Waals surface area (Å²) in [6.07, 6.45) is 4.39. The number of aromatic nitrogens is 1. The molecule has 18 heavy (non-hydrogen) atoms. The first-order valence-electron chi connectivity index (χ1n) is 6.35. The summed E-state index contributed by atoms with van der Waals surface area (Å²) in [4.78, 5) is 14.3. The Labute approximate surface area is 108 Å². The maximum Gasteiger partial charge on any atom is 0.128 e. The molecular formula is C14H20N4. The fraction of sp³-hybridized carbons (Fsp3) is 0.429. The van der Waals surface area contributed by atoms with E-state index in [4.69, 9.17) is 0 Å². The molecule has 2 rings (SSSR count). The Morgan fingerprint density at radius 3 is 2.61 bits per heavy atom. The predicted molar refractivity (Wildman–Crippen MR) is 76.9 cm³/mol. The van der Waals surface area contributed by atoms with E-state index in [0.717, 1.165) is 36.2 Å². The quantitative estimate of drug-likeness (QED) is 0.631. The topological polar surface area (TPSA) is 43.8 Å². The monoisotopic (exact) mass is 244 g/mol. The second-order valence-electron chi connectivity index (χ2n) is 4.54. The molecule has 0 atom stereocenters. The van der Waals surface area contributed by atoms with E-state index in [1.54, 1.807) is 0 Å². The smallest absolute Gasteiger partial charge is 0.128 e. The third-order valence-corrected chi connectivity index (χ3v) is 3.09. The largest absolute Gasteiger partial charge is 0.360 e. The number of nitrogens with zero attached hydrogens (tertiary/aromatic N) is 3. The Kier molecular flexibility index (Phi) is 3.97. The van der Waals surface area contributed by atoms with Gasteiger partial charge in [0.1, 0.15) is 11.7 Å². The fourth-order valence-electron chi connectivity index (χ4n) is 2.14. The van der Waals surface area contributed by atoms with Crippen LogP contribution in [0.5, 0.6) is 0 Å². The van der Waals surface area contributed by atoms with E-state index in [9.17, 15) is 0 Å². The fourth-order valence-corrected chi connectivity index (χ4v) is 2.14. The normalized spacial score (nSPS) is 17.3. The number of aromatic amines is 1. The van der Waals surface area contributed by atoms with Crippen LogP contribution in [0.1, 0.15) is 32.4 Å². The Bertz CT molecular complexity index is 462. The molecule has 1 aromatic rings. The van der Waals surface area contributed by atoms with Crippen molar-refractivity contribution in [3.8, 4) is 0 Å². The summed E-state index contributed by atoms with van der Waals surface area (Å²) in [6.45, 7) is 10.1. The average Bonchev–Trinajstić information content (AvgIpc) is 3.02. The van der Waals surface area contributed by atoms with Crippen molar-refractivity contribution in [2.75, 3.05) is 13.1 Å². The van der Waals surface area contributed by atoms with Crippen LogP contribution in [-0.4, -0.2) is 34.6 Å². The van der Waals surface area contributed by atoms with Crippen LogP contribution in [-0.2, 0) is 0 Å². The van der Waals surface area contributed by atoms with Gasteiger partial charge in [-0.3, -0.25) is 0 Å². The van der Waals surface area contributed by atoms with Gasteiger partial charge in [0.15, 0.2) is 0 Å². The van der Waals surface area contributed by atoms with Crippen molar-refractivity contribution in [2.45, 2.75) is 26.7 Å². The number of hydrogen-bond acceptors (Lipinski definition) is 1. The van der Waals surface area contributed by atoms with Crippen molar-refractivity contribution in [3.63, 3.8) is 0 Å². The molecule has 0 aliphatic carbocycles. The summed E-state index contributed by atoms with van der Waals surface area (Å²) in [5.74, 6) is 1.80. The zero-order valence-electron chi connectivity index (χ0n) is 11.1. The van der Waals surface area contributed by atoms with E-state index in [2.05, 4.69) is 26.4 Å². The van der Waals surface area contributed by atoms with E-state index in [0.29, 0.717) is 0 Å². The third kappa shape index (κ3) is 3.09. The number of likely N-dealkylation sites (tertiary alicyclic amines) is 1. The average molecular weight is 244 g/mol. The molecule has 4 heteroatoms. The van der Waals surface area contributed by atoms with E-state index >= 15 is 0 Å². The van der Waals surface area contributed by atoms with Crippen molar-refractivity contribution in [1.82, 2.24) is 9.88 Å². The molecule has 1 aliphatic rings. The molecule has 1 fully saturated rings. The van der Waals surface area contributed by atoms with Crippen LogP contribution in [0, 0.1) is 0 Å². The summed E-state index contributed by atoms with van der Waals surface area (Å²) < 4.78 is 0. The Morgan fingerprint density at radius 1 is 1.28 bits per heavy atom. The molecule has 4 nitrogen and oxygen atoms in total. The zero-order valence-corrected chi connectivity index (χ0v) is 11.1. The number of aliphatic imine (C=N–C) groups is 2. The molecule has 1 aromatic heterocycles. The van der Waals surface area contributed by atoms with E-state index in [-0.39, 0.29) is 0 Å². The molecule has 0 bridgehead atoms. The number of amidine groups is 2. The standard InChI is InChI=1S/C14H20N4/c1-11(14-7-6-8-15-14)16-12(2)17-13(3)18-9-4-5-10-18/h6-8,15H,1,4-5,9-10H2,2-3H3. The molecule has 1 saturated heterocycles. The highest BCUT2D eigenvalue weighted by molar-refractivity contribution is 5.96. The Morgan fingerprint density at radius 2 is 2.00 bits per heavy atom. The molecule has 0 spiro atoms. The summed E-state index contributed by atoms with van der Waals surface area (Å²) in [5, 5.41) is 0. The molecule has 1 N–H and O–H groups in total. The van der Waals surface area contributed by atoms with Crippen LogP contribution in [0.4, 0.5) is 0 Å². The lowest BCUT2D eigenvalue weighted by Gasteiger charge is -2.16. The molecule has 0 unspecified atom stereocenters. The number of rotatable bonds is 2. The van der Waals surface area contributed by atoms with Crippen molar-refractivity contribution < 1.29 is 0 Å². The van der Waals surface area contributed by atoms with Gasteiger partial charge >= 0.3 is 0 Å². The van der Waals surface area contributed by atoms with Gasteiger partial charge < -0.3 is 9.88 Å². The van der Waals surface area contributed by atoms with E-state index in [1.807, 2.05) is 32.2 Å². The van der Waals surface area contributed by atoms with Crippen LogP contribution in [0.3, 0.4) is 0 Å². The second-order valence-corrected chi connectivity index (χ2v) is 4.54. The maximum absolute atomic E-state index is 4.53. The SMILES string of the molecule is C=C(N=C(C)N=C(C)N1CCCC1)c1ccc[nH]1. The van der Waals surface area contributed by atoms with Gasteiger partial charge in [0.25, 0.3) is 0 Å². The van der Waals surface area contributed by atoms with Gasteiger partial charge in [-0.25, -0.2) is 9.98 Å². The van der Waals surface area contributed by atoms with E-state index < -0.39 is 0 Å².